The molecule has 0 aromatic carbocycles. The maximum Gasteiger partial charge on any atom is 0.342 e. The molecule has 2 spiro atoms. The molecule has 2 saturated carbocycles. The van der Waals surface area contributed by atoms with Crippen LogP contribution in [-0.4, -0.2) is 41.3 Å². The van der Waals surface area contributed by atoms with Crippen molar-refractivity contribution in [3.8, 4) is 0 Å². The number of ether oxygens (including phenoxy) is 4. The Morgan fingerprint density at radius 3 is 2.85 bits per heavy atom. The van der Waals surface area contributed by atoms with Gasteiger partial charge in [0.2, 0.25) is 5.60 Å². The van der Waals surface area contributed by atoms with E-state index in [4.69, 9.17) is 18.9 Å². The number of hydrogen-bond donors (Lipinski definition) is 0. The lowest BCUT2D eigenvalue weighted by Crippen LogP contribution is -2.59. The van der Waals surface area contributed by atoms with Crippen LogP contribution in [0, 0.1) is 5.92 Å². The highest BCUT2D eigenvalue weighted by molar-refractivity contribution is 5.85. The number of rotatable bonds is 0. The Morgan fingerprint density at radius 1 is 1.15 bits per heavy atom. The fraction of sp³-hybridized carbons (Fsp3) is 0.933. The van der Waals surface area contributed by atoms with Crippen molar-refractivity contribution < 1.29 is 23.7 Å². The third-order valence-corrected chi connectivity index (χ3v) is 5.84. The van der Waals surface area contributed by atoms with Crippen molar-refractivity contribution in [3.63, 3.8) is 0 Å². The zero-order valence-electron chi connectivity index (χ0n) is 11.9. The molecule has 110 valence electrons. The molecule has 0 unspecified atom stereocenters. The molecule has 20 heavy (non-hydrogen) atoms. The van der Waals surface area contributed by atoms with Gasteiger partial charge in [0.05, 0.1) is 12.0 Å². The van der Waals surface area contributed by atoms with Crippen LogP contribution in [0.2, 0.25) is 0 Å². The van der Waals surface area contributed by atoms with Gasteiger partial charge >= 0.3 is 5.97 Å². The Bertz CT molecular complexity index is 502. The molecule has 5 nitrogen and oxygen atoms in total. The van der Waals surface area contributed by atoms with Gasteiger partial charge in [0.25, 0.3) is 0 Å². The highest BCUT2D eigenvalue weighted by Gasteiger charge is 2.83. The van der Waals surface area contributed by atoms with Crippen LogP contribution < -0.4 is 0 Å². The standard InChI is InChI=1S/C15H20O5/c1-13(2)18-10-7-9-14(19-9)6-4-3-5-8-11(14)15(10,20-13)12(16)17-8/h8-11H,3-7H2,1-2H3/t8-,9+,10-,11-,14+,15-/m0/s1. The van der Waals surface area contributed by atoms with Crippen molar-refractivity contribution in [3.05, 3.63) is 0 Å². The second-order valence-corrected chi connectivity index (χ2v) is 7.37. The van der Waals surface area contributed by atoms with E-state index in [9.17, 15) is 4.79 Å². The lowest BCUT2D eigenvalue weighted by atomic mass is 9.65. The van der Waals surface area contributed by atoms with Crippen LogP contribution in [-0.2, 0) is 23.7 Å². The fourth-order valence-electron chi connectivity index (χ4n) is 5.26. The molecule has 5 aliphatic rings. The van der Waals surface area contributed by atoms with Crippen molar-refractivity contribution in [2.75, 3.05) is 0 Å². The second kappa shape index (κ2) is 3.23. The predicted molar refractivity (Wildman–Crippen MR) is 66.8 cm³/mol. The van der Waals surface area contributed by atoms with Crippen LogP contribution in [0.4, 0.5) is 0 Å². The van der Waals surface area contributed by atoms with Gasteiger partial charge in [-0.3, -0.25) is 0 Å². The average Bonchev–Trinajstić information content (AvgIpc) is 2.93. The number of carbonyl (C=O) groups is 1. The average molecular weight is 280 g/mol. The molecule has 0 N–H and O–H groups in total. The molecule has 2 aliphatic carbocycles. The van der Waals surface area contributed by atoms with Crippen molar-refractivity contribution >= 4 is 5.97 Å². The van der Waals surface area contributed by atoms with Crippen LogP contribution in [0.5, 0.6) is 0 Å². The summed E-state index contributed by atoms with van der Waals surface area (Å²) >= 11 is 0. The van der Waals surface area contributed by atoms with Gasteiger partial charge in [0.1, 0.15) is 17.8 Å². The summed E-state index contributed by atoms with van der Waals surface area (Å²) in [7, 11) is 0. The van der Waals surface area contributed by atoms with Crippen molar-refractivity contribution in [2.45, 2.75) is 81.3 Å². The normalized spacial score (nSPS) is 58.2. The minimum absolute atomic E-state index is 0.00975. The maximum atomic E-state index is 12.6. The molecule has 0 aromatic rings. The fourth-order valence-corrected chi connectivity index (χ4v) is 5.26. The summed E-state index contributed by atoms with van der Waals surface area (Å²) in [5.41, 5.74) is -1.11. The number of epoxide rings is 1. The van der Waals surface area contributed by atoms with Gasteiger partial charge < -0.3 is 18.9 Å². The van der Waals surface area contributed by atoms with E-state index in [0.717, 1.165) is 32.1 Å². The molecule has 3 heterocycles. The largest absolute Gasteiger partial charge is 0.460 e. The van der Waals surface area contributed by atoms with Gasteiger partial charge in [-0.15, -0.1) is 0 Å². The Kier molecular flexibility index (Phi) is 1.93. The van der Waals surface area contributed by atoms with E-state index < -0.39 is 11.4 Å². The van der Waals surface area contributed by atoms with E-state index in [1.165, 1.54) is 0 Å². The summed E-state index contributed by atoms with van der Waals surface area (Å²) in [6, 6.07) is 0. The lowest BCUT2D eigenvalue weighted by Gasteiger charge is -2.38. The Morgan fingerprint density at radius 2 is 2.00 bits per heavy atom. The predicted octanol–water partition coefficient (Wildman–Crippen LogP) is 1.53. The molecule has 5 fully saturated rings. The lowest BCUT2D eigenvalue weighted by molar-refractivity contribution is -0.184. The molecule has 5 rings (SSSR count). The first kappa shape index (κ1) is 12.0. The molecule has 5 heteroatoms. The maximum absolute atomic E-state index is 12.6. The molecule has 6 atom stereocenters. The summed E-state index contributed by atoms with van der Waals surface area (Å²) in [4.78, 5) is 12.6. The highest BCUT2D eigenvalue weighted by atomic mass is 16.8. The van der Waals surface area contributed by atoms with Gasteiger partial charge in [-0.05, 0) is 33.1 Å². The van der Waals surface area contributed by atoms with Crippen molar-refractivity contribution in [1.29, 1.82) is 0 Å². The van der Waals surface area contributed by atoms with Crippen LogP contribution in [0.1, 0.15) is 46.0 Å². The molecular formula is C15H20O5. The molecule has 3 saturated heterocycles. The third kappa shape index (κ3) is 1.16. The smallest absolute Gasteiger partial charge is 0.342 e. The molecule has 0 aromatic heterocycles. The minimum atomic E-state index is -0.925. The number of esters is 1. The summed E-state index contributed by atoms with van der Waals surface area (Å²) in [6.45, 7) is 3.77. The third-order valence-electron chi connectivity index (χ3n) is 5.84. The summed E-state index contributed by atoms with van der Waals surface area (Å²) in [5, 5.41) is 0. The first-order valence-electron chi connectivity index (χ1n) is 7.75. The van der Waals surface area contributed by atoms with Crippen LogP contribution >= 0.6 is 0 Å². The highest BCUT2D eigenvalue weighted by Crippen LogP contribution is 2.67. The van der Waals surface area contributed by atoms with Gasteiger partial charge in [0, 0.05) is 6.42 Å². The van der Waals surface area contributed by atoms with Gasteiger partial charge in [-0.1, -0.05) is 6.42 Å². The topological polar surface area (TPSA) is 57.3 Å². The number of hydrogen-bond acceptors (Lipinski definition) is 5. The van der Waals surface area contributed by atoms with E-state index in [-0.39, 0.29) is 35.8 Å². The summed E-state index contributed by atoms with van der Waals surface area (Å²) in [6.07, 6.45) is 4.87. The first-order chi connectivity index (χ1) is 9.48. The van der Waals surface area contributed by atoms with E-state index in [0.29, 0.717) is 0 Å². The zero-order valence-corrected chi connectivity index (χ0v) is 11.9. The Labute approximate surface area is 117 Å². The van der Waals surface area contributed by atoms with Crippen molar-refractivity contribution in [1.82, 2.24) is 0 Å². The van der Waals surface area contributed by atoms with Crippen molar-refractivity contribution in [2.24, 2.45) is 5.92 Å². The van der Waals surface area contributed by atoms with Gasteiger partial charge in [-0.25, -0.2) is 4.79 Å². The SMILES string of the molecule is CC1(C)O[C@H]2C[C@H]3O[C@]34CCCC[C@@H]3OC(=O)[C@@]2(O1)[C@@H]34. The van der Waals surface area contributed by atoms with E-state index in [2.05, 4.69) is 0 Å². The Balaban J connectivity index is 1.68. The minimum Gasteiger partial charge on any atom is -0.460 e. The Hall–Kier alpha value is -0.650. The molecule has 0 radical (unpaired) electrons. The molecule has 0 amide bonds. The zero-order chi connectivity index (χ0) is 13.8. The molecule has 3 aliphatic heterocycles. The van der Waals surface area contributed by atoms with Crippen LogP contribution in [0.25, 0.3) is 0 Å². The second-order valence-electron chi connectivity index (χ2n) is 7.37. The van der Waals surface area contributed by atoms with E-state index in [1.807, 2.05) is 13.8 Å². The summed E-state index contributed by atoms with van der Waals surface area (Å²) < 4.78 is 24.0. The van der Waals surface area contributed by atoms with Crippen LogP contribution in [0.15, 0.2) is 0 Å². The number of carbonyl (C=O) groups excluding carboxylic acids is 1. The quantitative estimate of drug-likeness (QED) is 0.497. The summed E-state index contributed by atoms with van der Waals surface area (Å²) in [5.74, 6) is -0.933. The molecular weight excluding hydrogens is 260 g/mol. The van der Waals surface area contributed by atoms with E-state index in [1.54, 1.807) is 0 Å². The van der Waals surface area contributed by atoms with Crippen LogP contribution in [0.3, 0.4) is 0 Å². The molecule has 0 bridgehead atoms. The monoisotopic (exact) mass is 280 g/mol. The first-order valence-corrected chi connectivity index (χ1v) is 7.75. The van der Waals surface area contributed by atoms with E-state index >= 15 is 0 Å². The van der Waals surface area contributed by atoms with Gasteiger partial charge in [-0.2, -0.15) is 0 Å². The van der Waals surface area contributed by atoms with Gasteiger partial charge in [0.15, 0.2) is 5.79 Å².